The van der Waals surface area contributed by atoms with Crippen molar-refractivity contribution < 1.29 is 32.0 Å². The Bertz CT molecular complexity index is 1150. The molecule has 0 unspecified atom stereocenters. The first-order valence-electron chi connectivity index (χ1n) is 13.6. The molecule has 0 amide bonds. The maximum Gasteiger partial charge on any atom is 0.333 e. The number of Topliss-reactive ketones (excluding diaryl/α,β-unsaturated/α-hetero) is 1. The van der Waals surface area contributed by atoms with Crippen LogP contribution in [0.25, 0.3) is 0 Å². The minimum Gasteiger partial charge on any atom is -0.460 e. The predicted molar refractivity (Wildman–Crippen MR) is 139 cm³/mol. The summed E-state index contributed by atoms with van der Waals surface area (Å²) in [5.41, 5.74) is -0.570. The van der Waals surface area contributed by atoms with Crippen LogP contribution in [0.3, 0.4) is 0 Å². The van der Waals surface area contributed by atoms with Crippen LogP contribution in [-0.2, 0) is 28.6 Å². The molecule has 1 N–H and O–H groups in total. The molecule has 0 saturated heterocycles. The van der Waals surface area contributed by atoms with Gasteiger partial charge in [-0.25, -0.2) is 4.79 Å². The van der Waals surface area contributed by atoms with Crippen molar-refractivity contribution in [3.05, 3.63) is 29.8 Å². The van der Waals surface area contributed by atoms with Gasteiger partial charge in [0.2, 0.25) is 0 Å². The van der Waals surface area contributed by atoms with E-state index in [0.29, 0.717) is 19.3 Å². The molecule has 0 aliphatic heterocycles. The first-order chi connectivity index (χ1) is 17.2. The number of aliphatic hydroxyl groups is 1. The van der Waals surface area contributed by atoms with E-state index in [4.69, 9.17) is 8.92 Å². The van der Waals surface area contributed by atoms with E-state index in [0.717, 1.165) is 24.8 Å². The second kappa shape index (κ2) is 9.76. The van der Waals surface area contributed by atoms with Crippen LogP contribution in [0.4, 0.5) is 0 Å². The largest absolute Gasteiger partial charge is 0.460 e. The van der Waals surface area contributed by atoms with Crippen molar-refractivity contribution in [2.75, 3.05) is 6.61 Å². The second-order valence-electron chi connectivity index (χ2n) is 12.4. The lowest BCUT2D eigenvalue weighted by molar-refractivity contribution is -0.212. The van der Waals surface area contributed by atoms with Crippen molar-refractivity contribution in [2.24, 2.45) is 34.0 Å². The van der Waals surface area contributed by atoms with Gasteiger partial charge in [-0.2, -0.15) is 8.42 Å². The number of carbonyl (C=O) groups is 2. The Hall–Kier alpha value is -1.77. The van der Waals surface area contributed by atoms with Gasteiger partial charge in [-0.3, -0.25) is 8.98 Å². The lowest BCUT2D eigenvalue weighted by atomic mass is 9.43. The molecule has 37 heavy (non-hydrogen) atoms. The van der Waals surface area contributed by atoms with Gasteiger partial charge in [0, 0.05) is 17.8 Å². The van der Waals surface area contributed by atoms with Crippen LogP contribution in [0.1, 0.15) is 78.7 Å². The summed E-state index contributed by atoms with van der Waals surface area (Å²) < 4.78 is 36.4. The average Bonchev–Trinajstić information content (AvgIpc) is 3.21. The molecule has 3 aliphatic carbocycles. The van der Waals surface area contributed by atoms with Crippen LogP contribution in [-0.4, -0.2) is 44.1 Å². The minimum atomic E-state index is -4.13. The van der Waals surface area contributed by atoms with Crippen molar-refractivity contribution in [1.82, 2.24) is 0 Å². The lowest BCUT2D eigenvalue weighted by Crippen LogP contribution is -2.63. The Morgan fingerprint density at radius 3 is 2.41 bits per heavy atom. The summed E-state index contributed by atoms with van der Waals surface area (Å²) in [7, 11) is -4.13. The van der Waals surface area contributed by atoms with E-state index < -0.39 is 45.7 Å². The van der Waals surface area contributed by atoms with Gasteiger partial charge >= 0.3 is 5.97 Å². The third-order valence-corrected chi connectivity index (χ3v) is 11.9. The van der Waals surface area contributed by atoms with E-state index in [1.165, 1.54) is 12.1 Å². The number of hydrogen-bond donors (Lipinski definition) is 1. The number of hydrogen-bond acceptors (Lipinski definition) is 7. The maximum atomic E-state index is 13.5. The molecule has 3 saturated carbocycles. The normalized spacial score (nSPS) is 40.0. The Kier molecular flexibility index (Phi) is 7.45. The molecule has 0 spiro atoms. The molecule has 0 heterocycles. The highest BCUT2D eigenvalue weighted by Crippen LogP contribution is 2.68. The summed E-state index contributed by atoms with van der Waals surface area (Å²) in [6, 6.07) is 6.21. The van der Waals surface area contributed by atoms with Crippen LogP contribution >= 0.6 is 0 Å². The highest BCUT2D eigenvalue weighted by Gasteiger charge is 2.68. The van der Waals surface area contributed by atoms with E-state index in [1.54, 1.807) is 12.1 Å². The number of carbonyl (C=O) groups excluding carboxylic acids is 2. The number of aryl methyl sites for hydroxylation is 1. The number of ketones is 1. The van der Waals surface area contributed by atoms with Gasteiger partial charge in [0.25, 0.3) is 10.1 Å². The zero-order chi connectivity index (χ0) is 27.4. The van der Waals surface area contributed by atoms with Crippen molar-refractivity contribution in [3.63, 3.8) is 0 Å². The monoisotopic (exact) mass is 534 g/mol. The molecule has 3 aliphatic rings. The van der Waals surface area contributed by atoms with E-state index in [9.17, 15) is 23.1 Å². The fourth-order valence-corrected chi connectivity index (χ4v) is 8.66. The summed E-state index contributed by atoms with van der Waals surface area (Å²) in [5.74, 6) is -0.846. The molecule has 7 nitrogen and oxygen atoms in total. The van der Waals surface area contributed by atoms with Gasteiger partial charge in [0.15, 0.2) is 6.61 Å². The highest BCUT2D eigenvalue weighted by atomic mass is 32.2. The van der Waals surface area contributed by atoms with Crippen molar-refractivity contribution in [3.8, 4) is 0 Å². The van der Waals surface area contributed by atoms with Gasteiger partial charge in [-0.1, -0.05) is 52.3 Å². The van der Waals surface area contributed by atoms with Crippen molar-refractivity contribution in [2.45, 2.75) is 97.2 Å². The molecule has 8 atom stereocenters. The topological polar surface area (TPSA) is 107 Å². The standard InChI is InChI=1S/C29H42O7S/c1-7-27(5)16-23(36-24(31)17-35-37(33,34)21-10-8-18(2)9-11-21)28(6)19(3)12-14-29(20(4)26(27)32)15-13-22(30)25(28)29/h8-11,19-20,23,25-26,32H,7,12-17H2,1-6H3/t19-,20-,23+,25-,26-,27+,28-,29-/m0/s1. The molecule has 0 radical (unpaired) electrons. The summed E-state index contributed by atoms with van der Waals surface area (Å²) in [4.78, 5) is 26.5. The fourth-order valence-electron chi connectivity index (χ4n) is 7.80. The van der Waals surface area contributed by atoms with E-state index in [1.807, 2.05) is 20.8 Å². The predicted octanol–water partition coefficient (Wildman–Crippen LogP) is 4.83. The van der Waals surface area contributed by atoms with Gasteiger partial charge in [-0.05, 0) is 73.8 Å². The summed E-state index contributed by atoms with van der Waals surface area (Å²) in [6.07, 6.45) is 2.75. The number of benzene rings is 1. The van der Waals surface area contributed by atoms with Gasteiger partial charge in [-0.15, -0.1) is 0 Å². The Balaban J connectivity index is 1.65. The molecule has 4 rings (SSSR count). The SMILES string of the molecule is CC[C@]1(C)C[C@@H](OC(=O)COS(=O)(=O)c2ccc(C)cc2)[C@@]2(C)[C@@H]3C(=O)CC[C@@]3(CC[C@@H]2C)[C@@H](C)[C@@H]1O. The lowest BCUT2D eigenvalue weighted by Gasteiger charge is -2.62. The van der Waals surface area contributed by atoms with Crippen molar-refractivity contribution in [1.29, 1.82) is 0 Å². The van der Waals surface area contributed by atoms with Crippen LogP contribution in [0.2, 0.25) is 0 Å². The second-order valence-corrected chi connectivity index (χ2v) is 14.0. The molecule has 1 aromatic rings. The summed E-state index contributed by atoms with van der Waals surface area (Å²) in [6.45, 7) is 11.5. The molecule has 3 fully saturated rings. The van der Waals surface area contributed by atoms with Crippen LogP contribution < -0.4 is 0 Å². The number of esters is 1. The highest BCUT2D eigenvalue weighted by molar-refractivity contribution is 7.86. The molecule has 0 aromatic heterocycles. The Morgan fingerprint density at radius 2 is 1.78 bits per heavy atom. The van der Waals surface area contributed by atoms with Crippen LogP contribution in [0.15, 0.2) is 29.2 Å². The quantitative estimate of drug-likeness (QED) is 0.411. The first kappa shape index (κ1) is 28.2. The molecular weight excluding hydrogens is 492 g/mol. The zero-order valence-corrected chi connectivity index (χ0v) is 23.8. The number of aliphatic hydroxyl groups excluding tert-OH is 1. The van der Waals surface area contributed by atoms with E-state index in [-0.39, 0.29) is 33.8 Å². The van der Waals surface area contributed by atoms with E-state index in [2.05, 4.69) is 20.8 Å². The van der Waals surface area contributed by atoms with Gasteiger partial charge in [0.05, 0.1) is 11.0 Å². The smallest absolute Gasteiger partial charge is 0.333 e. The average molecular weight is 535 g/mol. The van der Waals surface area contributed by atoms with Gasteiger partial charge < -0.3 is 9.84 Å². The molecule has 1 aromatic carbocycles. The number of rotatable bonds is 6. The molecular formula is C29H42O7S. The Labute approximate surface area is 221 Å². The summed E-state index contributed by atoms with van der Waals surface area (Å²) in [5, 5.41) is 11.6. The third-order valence-electron chi connectivity index (χ3n) is 10.6. The zero-order valence-electron chi connectivity index (χ0n) is 23.0. The number of ether oxygens (including phenoxy) is 1. The minimum absolute atomic E-state index is 0.0262. The Morgan fingerprint density at radius 1 is 1.14 bits per heavy atom. The van der Waals surface area contributed by atoms with Crippen LogP contribution in [0, 0.1) is 40.9 Å². The van der Waals surface area contributed by atoms with E-state index >= 15 is 0 Å². The van der Waals surface area contributed by atoms with Crippen LogP contribution in [0.5, 0.6) is 0 Å². The molecule has 206 valence electrons. The van der Waals surface area contributed by atoms with Gasteiger partial charge in [0.1, 0.15) is 11.9 Å². The third kappa shape index (κ3) is 4.57. The fraction of sp³-hybridized carbons (Fsp3) is 0.724. The maximum absolute atomic E-state index is 13.5. The molecule has 8 heteroatoms. The first-order valence-corrected chi connectivity index (χ1v) is 15.0. The summed E-state index contributed by atoms with van der Waals surface area (Å²) >= 11 is 0. The molecule has 2 bridgehead atoms. The van der Waals surface area contributed by atoms with Crippen molar-refractivity contribution >= 4 is 21.9 Å².